The standard InChI is InChI=1S/C18H20N2O3/c1-3-11-23-16-8-6-5-7-15(16)13-20-18(21)14-9-10-19-17(12-14)22-4-2/h3,5-10,12H,1,4,11,13H2,2H3,(H,20,21). The molecule has 1 heterocycles. The number of hydrogen-bond donors (Lipinski definition) is 1. The van der Waals surface area contributed by atoms with Crippen LogP contribution in [0, 0.1) is 0 Å². The van der Waals surface area contributed by atoms with E-state index in [9.17, 15) is 4.79 Å². The van der Waals surface area contributed by atoms with E-state index < -0.39 is 0 Å². The predicted molar refractivity (Wildman–Crippen MR) is 88.7 cm³/mol. The van der Waals surface area contributed by atoms with Crippen LogP contribution in [-0.2, 0) is 6.54 Å². The Kier molecular flexibility index (Phi) is 6.17. The number of carbonyl (C=O) groups excluding carboxylic acids is 1. The van der Waals surface area contributed by atoms with Crippen LogP contribution in [0.25, 0.3) is 0 Å². The van der Waals surface area contributed by atoms with E-state index in [4.69, 9.17) is 9.47 Å². The zero-order valence-electron chi connectivity index (χ0n) is 13.1. The lowest BCUT2D eigenvalue weighted by molar-refractivity contribution is 0.0950. The van der Waals surface area contributed by atoms with Gasteiger partial charge in [0.1, 0.15) is 12.4 Å². The van der Waals surface area contributed by atoms with E-state index in [2.05, 4.69) is 16.9 Å². The fourth-order valence-electron chi connectivity index (χ4n) is 1.99. The highest BCUT2D eigenvalue weighted by atomic mass is 16.5. The summed E-state index contributed by atoms with van der Waals surface area (Å²) in [5.74, 6) is 0.985. The molecule has 0 bridgehead atoms. The van der Waals surface area contributed by atoms with E-state index in [0.29, 0.717) is 31.2 Å². The van der Waals surface area contributed by atoms with Crippen LogP contribution < -0.4 is 14.8 Å². The monoisotopic (exact) mass is 312 g/mol. The van der Waals surface area contributed by atoms with E-state index in [1.807, 2.05) is 31.2 Å². The molecule has 0 fully saturated rings. The van der Waals surface area contributed by atoms with Gasteiger partial charge in [0.05, 0.1) is 6.61 Å². The van der Waals surface area contributed by atoms with Crippen molar-refractivity contribution in [1.29, 1.82) is 0 Å². The van der Waals surface area contributed by atoms with Gasteiger partial charge in [-0.25, -0.2) is 4.98 Å². The minimum Gasteiger partial charge on any atom is -0.489 e. The number of nitrogens with one attached hydrogen (secondary N) is 1. The molecule has 0 spiro atoms. The quantitative estimate of drug-likeness (QED) is 0.761. The number of amides is 1. The van der Waals surface area contributed by atoms with Gasteiger partial charge in [0.2, 0.25) is 5.88 Å². The molecule has 0 aliphatic heterocycles. The third-order valence-electron chi connectivity index (χ3n) is 3.06. The number of aromatic nitrogens is 1. The fourth-order valence-corrected chi connectivity index (χ4v) is 1.99. The lowest BCUT2D eigenvalue weighted by atomic mass is 10.2. The van der Waals surface area contributed by atoms with Gasteiger partial charge in [-0.1, -0.05) is 30.9 Å². The highest BCUT2D eigenvalue weighted by Crippen LogP contribution is 2.18. The van der Waals surface area contributed by atoms with Gasteiger partial charge in [-0.2, -0.15) is 0 Å². The first kappa shape index (κ1) is 16.5. The van der Waals surface area contributed by atoms with Gasteiger partial charge < -0.3 is 14.8 Å². The van der Waals surface area contributed by atoms with Crippen molar-refractivity contribution in [2.45, 2.75) is 13.5 Å². The van der Waals surface area contributed by atoms with Crippen molar-refractivity contribution in [2.24, 2.45) is 0 Å². The highest BCUT2D eigenvalue weighted by molar-refractivity contribution is 5.94. The van der Waals surface area contributed by atoms with Crippen molar-refractivity contribution in [3.05, 3.63) is 66.4 Å². The van der Waals surface area contributed by atoms with E-state index in [1.165, 1.54) is 0 Å². The second-order valence-corrected chi connectivity index (χ2v) is 4.71. The number of ether oxygens (including phenoxy) is 2. The maximum atomic E-state index is 12.2. The van der Waals surface area contributed by atoms with E-state index in [1.54, 1.807) is 24.4 Å². The summed E-state index contributed by atoms with van der Waals surface area (Å²) in [4.78, 5) is 16.3. The Morgan fingerprint density at radius 1 is 1.30 bits per heavy atom. The second kappa shape index (κ2) is 8.58. The summed E-state index contributed by atoms with van der Waals surface area (Å²) in [6, 6.07) is 10.8. The molecule has 0 radical (unpaired) electrons. The minimum absolute atomic E-state index is 0.188. The van der Waals surface area contributed by atoms with E-state index in [-0.39, 0.29) is 5.91 Å². The van der Waals surface area contributed by atoms with Crippen molar-refractivity contribution in [3.63, 3.8) is 0 Å². The van der Waals surface area contributed by atoms with Crippen molar-refractivity contribution in [3.8, 4) is 11.6 Å². The molecule has 0 atom stereocenters. The van der Waals surface area contributed by atoms with Gasteiger partial charge in [-0.15, -0.1) is 0 Å². The Morgan fingerprint density at radius 2 is 2.13 bits per heavy atom. The van der Waals surface area contributed by atoms with Gasteiger partial charge in [0.15, 0.2) is 0 Å². The van der Waals surface area contributed by atoms with Crippen LogP contribution in [0.1, 0.15) is 22.8 Å². The molecule has 0 saturated carbocycles. The van der Waals surface area contributed by atoms with Crippen molar-refractivity contribution in [2.75, 3.05) is 13.2 Å². The molecular weight excluding hydrogens is 292 g/mol. The van der Waals surface area contributed by atoms with Crippen LogP contribution in [0.2, 0.25) is 0 Å². The lowest BCUT2D eigenvalue weighted by Gasteiger charge is -2.11. The van der Waals surface area contributed by atoms with Gasteiger partial charge in [-0.05, 0) is 19.1 Å². The molecule has 1 aromatic carbocycles. The Bertz CT molecular complexity index is 671. The van der Waals surface area contributed by atoms with Gasteiger partial charge in [-0.3, -0.25) is 4.79 Å². The molecule has 2 rings (SSSR count). The second-order valence-electron chi connectivity index (χ2n) is 4.71. The average molecular weight is 312 g/mol. The number of carbonyl (C=O) groups is 1. The molecule has 0 unspecified atom stereocenters. The number of nitrogens with zero attached hydrogens (tertiary/aromatic N) is 1. The van der Waals surface area contributed by atoms with Crippen molar-refractivity contribution in [1.82, 2.24) is 10.3 Å². The molecule has 1 amide bonds. The molecule has 5 heteroatoms. The SMILES string of the molecule is C=CCOc1ccccc1CNC(=O)c1ccnc(OCC)c1. The Hall–Kier alpha value is -2.82. The van der Waals surface area contributed by atoms with Crippen LogP contribution in [-0.4, -0.2) is 24.1 Å². The molecule has 2 aromatic rings. The van der Waals surface area contributed by atoms with Crippen molar-refractivity contribution >= 4 is 5.91 Å². The molecular formula is C18H20N2O3. The zero-order valence-corrected chi connectivity index (χ0v) is 13.1. The third-order valence-corrected chi connectivity index (χ3v) is 3.06. The number of para-hydroxylation sites is 1. The van der Waals surface area contributed by atoms with Gasteiger partial charge in [0, 0.05) is 29.9 Å². The van der Waals surface area contributed by atoms with Gasteiger partial charge in [0.25, 0.3) is 5.91 Å². The molecule has 5 nitrogen and oxygen atoms in total. The van der Waals surface area contributed by atoms with Crippen molar-refractivity contribution < 1.29 is 14.3 Å². The third kappa shape index (κ3) is 4.85. The molecule has 1 aromatic heterocycles. The Labute approximate surface area is 136 Å². The summed E-state index contributed by atoms with van der Waals surface area (Å²) in [5, 5.41) is 2.87. The topological polar surface area (TPSA) is 60.5 Å². The number of hydrogen-bond acceptors (Lipinski definition) is 4. The first-order valence-electron chi connectivity index (χ1n) is 7.43. The number of rotatable bonds is 8. The van der Waals surface area contributed by atoms with Gasteiger partial charge >= 0.3 is 0 Å². The smallest absolute Gasteiger partial charge is 0.251 e. The van der Waals surface area contributed by atoms with Crippen LogP contribution in [0.4, 0.5) is 0 Å². The fraction of sp³-hybridized carbons (Fsp3) is 0.222. The summed E-state index contributed by atoms with van der Waals surface area (Å²) in [7, 11) is 0. The maximum absolute atomic E-state index is 12.2. The molecule has 120 valence electrons. The summed E-state index contributed by atoms with van der Waals surface area (Å²) in [6.45, 7) is 6.80. The maximum Gasteiger partial charge on any atom is 0.251 e. The summed E-state index contributed by atoms with van der Waals surface area (Å²) >= 11 is 0. The highest BCUT2D eigenvalue weighted by Gasteiger charge is 2.09. The summed E-state index contributed by atoms with van der Waals surface area (Å²) < 4.78 is 10.9. The van der Waals surface area contributed by atoms with Crippen LogP contribution >= 0.6 is 0 Å². The Balaban J connectivity index is 2.01. The number of pyridine rings is 1. The molecule has 0 saturated heterocycles. The van der Waals surface area contributed by atoms with Crippen LogP contribution in [0.3, 0.4) is 0 Å². The summed E-state index contributed by atoms with van der Waals surface area (Å²) in [6.07, 6.45) is 3.24. The normalized spacial score (nSPS) is 9.96. The minimum atomic E-state index is -0.188. The molecule has 1 N–H and O–H groups in total. The van der Waals surface area contributed by atoms with Crippen LogP contribution in [0.15, 0.2) is 55.3 Å². The number of benzene rings is 1. The Morgan fingerprint density at radius 3 is 2.91 bits per heavy atom. The first-order valence-corrected chi connectivity index (χ1v) is 7.43. The largest absolute Gasteiger partial charge is 0.489 e. The molecule has 23 heavy (non-hydrogen) atoms. The van der Waals surface area contributed by atoms with E-state index >= 15 is 0 Å². The average Bonchev–Trinajstić information content (AvgIpc) is 2.59. The first-order chi connectivity index (χ1) is 11.2. The van der Waals surface area contributed by atoms with E-state index in [0.717, 1.165) is 11.3 Å². The lowest BCUT2D eigenvalue weighted by Crippen LogP contribution is -2.23. The zero-order chi connectivity index (χ0) is 16.5. The molecule has 0 aliphatic rings. The summed E-state index contributed by atoms with van der Waals surface area (Å²) in [5.41, 5.74) is 1.41. The van der Waals surface area contributed by atoms with Crippen LogP contribution in [0.5, 0.6) is 11.6 Å². The predicted octanol–water partition coefficient (Wildman–Crippen LogP) is 2.98. The molecule has 0 aliphatic carbocycles.